The molecular formula is C14H16F4N2O3. The molecule has 2 rings (SSSR count). The summed E-state index contributed by atoms with van der Waals surface area (Å²) in [4.78, 5) is 15.4. The molecule has 1 fully saturated rings. The first kappa shape index (κ1) is 17.5. The Morgan fingerprint density at radius 2 is 1.87 bits per heavy atom. The van der Waals surface area contributed by atoms with Gasteiger partial charge in [0.25, 0.3) is 5.91 Å². The van der Waals surface area contributed by atoms with Gasteiger partial charge in [-0.15, -0.1) is 0 Å². The molecule has 1 aromatic carbocycles. The SMILES string of the molecule is O=C(c1c(F)ccc(OC(F)F)c1F)N1CCN(CCO)CC1. The maximum atomic E-state index is 14.1. The van der Waals surface area contributed by atoms with E-state index in [9.17, 15) is 22.4 Å². The quantitative estimate of drug-likeness (QED) is 0.824. The molecule has 1 amide bonds. The standard InChI is InChI=1S/C14H16F4N2O3/c15-9-1-2-10(23-14(17)18)12(16)11(9)13(22)20-5-3-19(4-6-20)7-8-21/h1-2,14,21H,3-8H2. The number of rotatable bonds is 5. The number of carbonyl (C=O) groups is 1. The molecule has 5 nitrogen and oxygen atoms in total. The molecule has 0 aliphatic carbocycles. The van der Waals surface area contributed by atoms with Crippen LogP contribution in [-0.2, 0) is 0 Å². The molecule has 1 heterocycles. The summed E-state index contributed by atoms with van der Waals surface area (Å²) in [5, 5.41) is 8.85. The highest BCUT2D eigenvalue weighted by Crippen LogP contribution is 2.26. The number of piperazine rings is 1. The summed E-state index contributed by atoms with van der Waals surface area (Å²) in [5.41, 5.74) is -0.904. The normalized spacial score (nSPS) is 16.0. The minimum atomic E-state index is -3.28. The van der Waals surface area contributed by atoms with Gasteiger partial charge in [0, 0.05) is 32.7 Å². The van der Waals surface area contributed by atoms with Crippen molar-refractivity contribution >= 4 is 5.91 Å². The number of halogens is 4. The van der Waals surface area contributed by atoms with Gasteiger partial charge in [-0.1, -0.05) is 0 Å². The molecule has 1 aliphatic heterocycles. The Morgan fingerprint density at radius 3 is 2.43 bits per heavy atom. The number of amides is 1. The van der Waals surface area contributed by atoms with Gasteiger partial charge in [0.1, 0.15) is 11.4 Å². The van der Waals surface area contributed by atoms with E-state index >= 15 is 0 Å². The molecule has 0 atom stereocenters. The molecule has 0 unspecified atom stereocenters. The average Bonchev–Trinajstić information content (AvgIpc) is 2.51. The van der Waals surface area contributed by atoms with Crippen LogP contribution in [0.5, 0.6) is 5.75 Å². The molecule has 0 aromatic heterocycles. The lowest BCUT2D eigenvalue weighted by Gasteiger charge is -2.34. The highest BCUT2D eigenvalue weighted by molar-refractivity contribution is 5.95. The summed E-state index contributed by atoms with van der Waals surface area (Å²) in [6.45, 7) is -1.52. The largest absolute Gasteiger partial charge is 0.432 e. The van der Waals surface area contributed by atoms with E-state index in [1.807, 2.05) is 4.90 Å². The van der Waals surface area contributed by atoms with Crippen molar-refractivity contribution in [1.29, 1.82) is 0 Å². The van der Waals surface area contributed by atoms with Crippen LogP contribution in [0.4, 0.5) is 17.6 Å². The summed E-state index contributed by atoms with van der Waals surface area (Å²) in [7, 11) is 0. The van der Waals surface area contributed by atoms with Crippen LogP contribution in [0.2, 0.25) is 0 Å². The summed E-state index contributed by atoms with van der Waals surface area (Å²) < 4.78 is 56.2. The highest BCUT2D eigenvalue weighted by Gasteiger charge is 2.28. The van der Waals surface area contributed by atoms with Gasteiger partial charge in [0.2, 0.25) is 0 Å². The number of ether oxygens (including phenoxy) is 1. The Labute approximate surface area is 130 Å². The maximum Gasteiger partial charge on any atom is 0.387 e. The average molecular weight is 336 g/mol. The van der Waals surface area contributed by atoms with Gasteiger partial charge in [-0.3, -0.25) is 9.69 Å². The molecule has 1 aromatic rings. The molecule has 1 N–H and O–H groups in total. The van der Waals surface area contributed by atoms with Crippen LogP contribution < -0.4 is 4.74 Å². The van der Waals surface area contributed by atoms with Crippen LogP contribution in [0.25, 0.3) is 0 Å². The number of alkyl halides is 2. The monoisotopic (exact) mass is 336 g/mol. The summed E-state index contributed by atoms with van der Waals surface area (Å²) >= 11 is 0. The molecule has 23 heavy (non-hydrogen) atoms. The topological polar surface area (TPSA) is 53.0 Å². The summed E-state index contributed by atoms with van der Waals surface area (Å²) in [6, 6.07) is 1.43. The minimum Gasteiger partial charge on any atom is -0.432 e. The molecule has 9 heteroatoms. The first-order valence-corrected chi connectivity index (χ1v) is 6.99. The first-order chi connectivity index (χ1) is 10.9. The van der Waals surface area contributed by atoms with Crippen molar-refractivity contribution < 1.29 is 32.2 Å². The Morgan fingerprint density at radius 1 is 1.22 bits per heavy atom. The van der Waals surface area contributed by atoms with Crippen LogP contribution in [0.1, 0.15) is 10.4 Å². The van der Waals surface area contributed by atoms with Crippen molar-refractivity contribution in [3.8, 4) is 5.75 Å². The lowest BCUT2D eigenvalue weighted by molar-refractivity contribution is -0.0523. The Hall–Kier alpha value is -1.87. The fraction of sp³-hybridized carbons (Fsp3) is 0.500. The van der Waals surface area contributed by atoms with Crippen molar-refractivity contribution in [2.45, 2.75) is 6.61 Å². The predicted octanol–water partition coefficient (Wildman–Crippen LogP) is 1.32. The Balaban J connectivity index is 2.16. The van der Waals surface area contributed by atoms with E-state index in [2.05, 4.69) is 4.74 Å². The predicted molar refractivity (Wildman–Crippen MR) is 72.4 cm³/mol. The number of carbonyl (C=O) groups excluding carboxylic acids is 1. The third-order valence-electron chi connectivity index (χ3n) is 3.56. The molecular weight excluding hydrogens is 320 g/mol. The van der Waals surface area contributed by atoms with Crippen LogP contribution in [-0.4, -0.2) is 66.8 Å². The van der Waals surface area contributed by atoms with E-state index in [1.165, 1.54) is 4.90 Å². The van der Waals surface area contributed by atoms with Crippen LogP contribution in [0.3, 0.4) is 0 Å². The van der Waals surface area contributed by atoms with Gasteiger partial charge in [-0.2, -0.15) is 8.78 Å². The number of benzene rings is 1. The second-order valence-electron chi connectivity index (χ2n) is 4.97. The van der Waals surface area contributed by atoms with Crippen molar-refractivity contribution in [1.82, 2.24) is 9.80 Å². The number of aliphatic hydroxyl groups is 1. The van der Waals surface area contributed by atoms with Crippen LogP contribution in [0.15, 0.2) is 12.1 Å². The van der Waals surface area contributed by atoms with E-state index in [4.69, 9.17) is 5.11 Å². The molecule has 0 bridgehead atoms. The van der Waals surface area contributed by atoms with Crippen molar-refractivity contribution in [3.63, 3.8) is 0 Å². The highest BCUT2D eigenvalue weighted by atomic mass is 19.3. The zero-order chi connectivity index (χ0) is 17.0. The summed E-state index contributed by atoms with van der Waals surface area (Å²) in [6.07, 6.45) is 0. The van der Waals surface area contributed by atoms with E-state index in [0.29, 0.717) is 25.7 Å². The second kappa shape index (κ2) is 7.60. The Bertz CT molecular complexity index is 563. The van der Waals surface area contributed by atoms with E-state index in [1.54, 1.807) is 0 Å². The number of β-amino-alcohol motifs (C(OH)–C–C–N with tert-alkyl or cyclic N) is 1. The van der Waals surface area contributed by atoms with Crippen molar-refractivity contribution in [2.24, 2.45) is 0 Å². The molecule has 0 spiro atoms. The van der Waals surface area contributed by atoms with Crippen LogP contribution in [0, 0.1) is 11.6 Å². The van der Waals surface area contributed by atoms with Gasteiger partial charge in [-0.25, -0.2) is 8.78 Å². The zero-order valence-corrected chi connectivity index (χ0v) is 12.1. The molecule has 1 saturated heterocycles. The van der Waals surface area contributed by atoms with Gasteiger partial charge >= 0.3 is 6.61 Å². The van der Waals surface area contributed by atoms with E-state index in [-0.39, 0.29) is 19.7 Å². The third kappa shape index (κ3) is 4.11. The number of hydrogen-bond donors (Lipinski definition) is 1. The smallest absolute Gasteiger partial charge is 0.387 e. The fourth-order valence-electron chi connectivity index (χ4n) is 2.39. The number of hydrogen-bond acceptors (Lipinski definition) is 4. The lowest BCUT2D eigenvalue weighted by atomic mass is 10.1. The van der Waals surface area contributed by atoms with Gasteiger partial charge in [0.05, 0.1) is 6.61 Å². The summed E-state index contributed by atoms with van der Waals surface area (Å²) in [5.74, 6) is -4.35. The first-order valence-electron chi connectivity index (χ1n) is 6.99. The van der Waals surface area contributed by atoms with E-state index in [0.717, 1.165) is 6.07 Å². The number of aliphatic hydroxyl groups excluding tert-OH is 1. The minimum absolute atomic E-state index is 0.0236. The van der Waals surface area contributed by atoms with Gasteiger partial charge in [0.15, 0.2) is 11.6 Å². The number of nitrogens with zero attached hydrogens (tertiary/aromatic N) is 2. The van der Waals surface area contributed by atoms with Gasteiger partial charge in [-0.05, 0) is 12.1 Å². The molecule has 128 valence electrons. The second-order valence-corrected chi connectivity index (χ2v) is 4.97. The van der Waals surface area contributed by atoms with Crippen LogP contribution >= 0.6 is 0 Å². The van der Waals surface area contributed by atoms with E-state index < -0.39 is 35.5 Å². The molecule has 0 radical (unpaired) electrons. The van der Waals surface area contributed by atoms with Gasteiger partial charge < -0.3 is 14.7 Å². The lowest BCUT2D eigenvalue weighted by Crippen LogP contribution is -2.49. The molecule has 0 saturated carbocycles. The Kier molecular flexibility index (Phi) is 5.78. The maximum absolute atomic E-state index is 14.1. The van der Waals surface area contributed by atoms with Crippen molar-refractivity contribution in [3.05, 3.63) is 29.3 Å². The third-order valence-corrected chi connectivity index (χ3v) is 3.56. The van der Waals surface area contributed by atoms with Crippen molar-refractivity contribution in [2.75, 3.05) is 39.3 Å². The zero-order valence-electron chi connectivity index (χ0n) is 12.1. The molecule has 1 aliphatic rings. The fourth-order valence-corrected chi connectivity index (χ4v) is 2.39.